The third kappa shape index (κ3) is 4.38. The van der Waals surface area contributed by atoms with Crippen LogP contribution in [0.2, 0.25) is 0 Å². The van der Waals surface area contributed by atoms with E-state index in [9.17, 15) is 9.13 Å². The van der Waals surface area contributed by atoms with Crippen molar-refractivity contribution >= 4 is 15.2 Å². The summed E-state index contributed by atoms with van der Waals surface area (Å²) in [5.41, 5.74) is 5.51. The van der Waals surface area contributed by atoms with E-state index in [0.717, 1.165) is 0 Å². The molecule has 2 N–H and O–H groups in total. The van der Waals surface area contributed by atoms with Gasteiger partial charge in [-0.1, -0.05) is 27.7 Å². The smallest absolute Gasteiger partial charge is 0.317 e. The van der Waals surface area contributed by atoms with Crippen molar-refractivity contribution in [2.24, 2.45) is 16.6 Å². The van der Waals surface area contributed by atoms with Crippen molar-refractivity contribution in [2.75, 3.05) is 32.6 Å². The van der Waals surface area contributed by atoms with Gasteiger partial charge >= 0.3 is 15.2 Å². The zero-order valence-corrected chi connectivity index (χ0v) is 14.8. The summed E-state index contributed by atoms with van der Waals surface area (Å²) in [5.74, 6) is -1.01. The molecule has 21 heavy (non-hydrogen) atoms. The molecule has 0 aromatic rings. The molecular weight excluding hydrogens is 316 g/mol. The first-order chi connectivity index (χ1) is 9.46. The molecule has 1 atom stereocenters. The maximum absolute atomic E-state index is 12.6. The van der Waals surface area contributed by atoms with Crippen molar-refractivity contribution in [2.45, 2.75) is 33.5 Å². The Morgan fingerprint density at radius 1 is 0.905 bits per heavy atom. The molecule has 2 fully saturated rings. The van der Waals surface area contributed by atoms with Crippen LogP contribution in [0.25, 0.3) is 0 Å². The lowest BCUT2D eigenvalue weighted by molar-refractivity contribution is 0.0341. The molecule has 2 heterocycles. The van der Waals surface area contributed by atoms with Crippen LogP contribution in [0, 0.1) is 10.8 Å². The van der Waals surface area contributed by atoms with E-state index in [1.54, 1.807) is 0 Å². The van der Waals surface area contributed by atoms with Crippen molar-refractivity contribution < 1.29 is 27.2 Å². The molecule has 9 heteroatoms. The van der Waals surface area contributed by atoms with Gasteiger partial charge in [0.15, 0.2) is 0 Å². The first kappa shape index (κ1) is 17.6. The number of hydrogen-bond acceptors (Lipinski definition) is 7. The van der Waals surface area contributed by atoms with Crippen LogP contribution in [0.4, 0.5) is 0 Å². The SMILES string of the molecule is CC1(C)COP(=O)(CC(N)P2(=O)OCC(C)(C)CO2)OC1. The second kappa shape index (κ2) is 5.72. The number of hydrogen-bond donors (Lipinski definition) is 1. The maximum Gasteiger partial charge on any atom is 0.347 e. The fraction of sp³-hybridized carbons (Fsp3) is 1.00. The molecule has 2 aliphatic heterocycles. The Bertz CT molecular complexity index is 464. The summed E-state index contributed by atoms with van der Waals surface area (Å²) in [6, 6.07) is 0. The average molecular weight is 341 g/mol. The molecule has 1 unspecified atom stereocenters. The molecule has 2 aliphatic rings. The normalized spacial score (nSPS) is 31.5. The van der Waals surface area contributed by atoms with Gasteiger partial charge in [-0.2, -0.15) is 0 Å². The Morgan fingerprint density at radius 3 is 1.71 bits per heavy atom. The molecule has 0 radical (unpaired) electrons. The largest absolute Gasteiger partial charge is 0.347 e. The van der Waals surface area contributed by atoms with Crippen LogP contribution in [-0.2, 0) is 27.2 Å². The van der Waals surface area contributed by atoms with E-state index in [-0.39, 0.29) is 30.2 Å². The molecule has 0 aromatic heterocycles. The van der Waals surface area contributed by atoms with E-state index < -0.39 is 21.0 Å². The van der Waals surface area contributed by atoms with Crippen molar-refractivity contribution in [3.63, 3.8) is 0 Å². The van der Waals surface area contributed by atoms with Gasteiger partial charge in [-0.25, -0.2) is 0 Å². The van der Waals surface area contributed by atoms with Crippen LogP contribution >= 0.6 is 15.2 Å². The van der Waals surface area contributed by atoms with Gasteiger partial charge in [0, 0.05) is 10.8 Å². The van der Waals surface area contributed by atoms with Crippen molar-refractivity contribution in [3.8, 4) is 0 Å². The lowest BCUT2D eigenvalue weighted by atomic mass is 9.97. The summed E-state index contributed by atoms with van der Waals surface area (Å²) in [6.45, 7) is 9.00. The highest BCUT2D eigenvalue weighted by Gasteiger charge is 2.46. The zero-order valence-electron chi connectivity index (χ0n) is 13.0. The second-order valence-electron chi connectivity index (χ2n) is 7.32. The Balaban J connectivity index is 1.97. The summed E-state index contributed by atoms with van der Waals surface area (Å²) in [5, 5.41) is 0. The van der Waals surface area contributed by atoms with Gasteiger partial charge in [-0.05, 0) is 0 Å². The lowest BCUT2D eigenvalue weighted by Crippen LogP contribution is -2.37. The topological polar surface area (TPSA) is 97.1 Å². The minimum Gasteiger partial charge on any atom is -0.317 e. The quantitative estimate of drug-likeness (QED) is 0.788. The van der Waals surface area contributed by atoms with E-state index in [0.29, 0.717) is 13.2 Å². The van der Waals surface area contributed by atoms with Gasteiger partial charge in [0.25, 0.3) is 0 Å². The predicted molar refractivity (Wildman–Crippen MR) is 79.4 cm³/mol. The first-order valence-corrected chi connectivity index (χ1v) is 10.3. The second-order valence-corrected chi connectivity index (χ2v) is 11.7. The third-order valence-electron chi connectivity index (χ3n) is 3.39. The predicted octanol–water partition coefficient (Wildman–Crippen LogP) is 2.80. The molecule has 0 saturated carbocycles. The van der Waals surface area contributed by atoms with E-state index in [1.807, 2.05) is 27.7 Å². The molecule has 0 aromatic carbocycles. The molecule has 0 spiro atoms. The first-order valence-electron chi connectivity index (χ1n) is 6.98. The fourth-order valence-corrected chi connectivity index (χ4v) is 6.61. The van der Waals surface area contributed by atoms with E-state index in [4.69, 9.17) is 23.8 Å². The van der Waals surface area contributed by atoms with E-state index in [2.05, 4.69) is 0 Å². The van der Waals surface area contributed by atoms with E-state index >= 15 is 0 Å². The van der Waals surface area contributed by atoms with Gasteiger partial charge in [0.1, 0.15) is 5.78 Å². The molecule has 0 amide bonds. The molecule has 2 rings (SSSR count). The van der Waals surface area contributed by atoms with Crippen molar-refractivity contribution in [3.05, 3.63) is 0 Å². The standard InChI is InChI=1S/C12H25NO6P2/c1-11(2)6-16-20(14,17-7-11)5-10(13)21(15)18-8-12(3,4)9-19-21/h10H,5-9,13H2,1-4H3. The molecule has 7 nitrogen and oxygen atoms in total. The highest BCUT2D eigenvalue weighted by atomic mass is 31.2. The van der Waals surface area contributed by atoms with Crippen LogP contribution in [0.3, 0.4) is 0 Å². The van der Waals surface area contributed by atoms with Gasteiger partial charge < -0.3 is 23.8 Å². The Labute approximate surface area is 125 Å². The maximum atomic E-state index is 12.6. The van der Waals surface area contributed by atoms with Gasteiger partial charge in [0.2, 0.25) is 0 Å². The average Bonchev–Trinajstić information content (AvgIpc) is 2.38. The van der Waals surface area contributed by atoms with Gasteiger partial charge in [-0.3, -0.25) is 9.13 Å². The summed E-state index contributed by atoms with van der Waals surface area (Å²) < 4.78 is 46.4. The van der Waals surface area contributed by atoms with E-state index in [1.165, 1.54) is 0 Å². The Morgan fingerprint density at radius 2 is 1.29 bits per heavy atom. The van der Waals surface area contributed by atoms with Crippen molar-refractivity contribution in [1.82, 2.24) is 0 Å². The van der Waals surface area contributed by atoms with Crippen LogP contribution in [0.15, 0.2) is 0 Å². The highest BCUT2D eigenvalue weighted by molar-refractivity contribution is 7.58. The third-order valence-corrected chi connectivity index (χ3v) is 7.54. The highest BCUT2D eigenvalue weighted by Crippen LogP contribution is 2.62. The minimum atomic E-state index is -3.48. The Hall–Kier alpha value is 0.260. The van der Waals surface area contributed by atoms with Crippen LogP contribution in [0.5, 0.6) is 0 Å². The molecule has 2 saturated heterocycles. The van der Waals surface area contributed by atoms with Gasteiger partial charge in [-0.15, -0.1) is 0 Å². The molecule has 124 valence electrons. The summed E-state index contributed by atoms with van der Waals surface area (Å²) in [7, 11) is -6.83. The minimum absolute atomic E-state index is 0.166. The van der Waals surface area contributed by atoms with Crippen LogP contribution in [0.1, 0.15) is 27.7 Å². The zero-order chi connectivity index (χ0) is 15.9. The summed E-state index contributed by atoms with van der Waals surface area (Å²) in [4.78, 5) is 0. The molecular formula is C12H25NO6P2. The lowest BCUT2D eigenvalue weighted by Gasteiger charge is -2.38. The van der Waals surface area contributed by atoms with Gasteiger partial charge in [0.05, 0.1) is 32.6 Å². The monoisotopic (exact) mass is 341 g/mol. The fourth-order valence-electron chi connectivity index (χ4n) is 1.86. The number of nitrogens with two attached hydrogens (primary N) is 1. The molecule has 0 bridgehead atoms. The molecule has 0 aliphatic carbocycles. The number of rotatable bonds is 3. The summed E-state index contributed by atoms with van der Waals surface area (Å²) >= 11 is 0. The Kier molecular flexibility index (Phi) is 4.79. The van der Waals surface area contributed by atoms with Crippen LogP contribution < -0.4 is 5.73 Å². The summed E-state index contributed by atoms with van der Waals surface area (Å²) in [6.07, 6.45) is -0.166. The van der Waals surface area contributed by atoms with Crippen molar-refractivity contribution in [1.29, 1.82) is 0 Å². The van der Waals surface area contributed by atoms with Crippen LogP contribution in [-0.4, -0.2) is 38.4 Å².